The second-order valence-electron chi connectivity index (χ2n) is 8.60. The highest BCUT2D eigenvalue weighted by Crippen LogP contribution is 2.31. The molecule has 38 heavy (non-hydrogen) atoms. The molecule has 194 valence electrons. The first-order valence-electron chi connectivity index (χ1n) is 12.0. The Morgan fingerprint density at radius 1 is 0.921 bits per heavy atom. The number of benzene rings is 3. The van der Waals surface area contributed by atoms with Crippen molar-refractivity contribution in [3.63, 3.8) is 0 Å². The second-order valence-corrected chi connectivity index (χ2v) is 8.60. The summed E-state index contributed by atoms with van der Waals surface area (Å²) in [6, 6.07) is 24.0. The summed E-state index contributed by atoms with van der Waals surface area (Å²) in [6.45, 7) is 1.90. The Labute approximate surface area is 219 Å². The van der Waals surface area contributed by atoms with E-state index in [1.54, 1.807) is 43.3 Å². The van der Waals surface area contributed by atoms with E-state index >= 15 is 0 Å². The quantitative estimate of drug-likeness (QED) is 0.276. The summed E-state index contributed by atoms with van der Waals surface area (Å²) in [7, 11) is 0. The molecule has 1 aromatic heterocycles. The minimum absolute atomic E-state index is 0.161. The Hall–Kier alpha value is -4.92. The number of anilines is 1. The molecule has 0 aliphatic heterocycles. The van der Waals surface area contributed by atoms with E-state index in [4.69, 9.17) is 9.26 Å². The number of aromatic nitrogens is 1. The molecule has 0 unspecified atom stereocenters. The molecule has 0 saturated carbocycles. The number of aryl methyl sites for hydroxylation is 1. The summed E-state index contributed by atoms with van der Waals surface area (Å²) in [5.74, 6) is -1.33. The van der Waals surface area contributed by atoms with Gasteiger partial charge in [0.2, 0.25) is 0 Å². The van der Waals surface area contributed by atoms with Crippen molar-refractivity contribution in [2.24, 2.45) is 0 Å². The van der Waals surface area contributed by atoms with Gasteiger partial charge in [0.1, 0.15) is 17.4 Å². The molecule has 9 heteroatoms. The molecule has 9 nitrogen and oxygen atoms in total. The molecule has 0 saturated heterocycles. The predicted octanol–water partition coefficient (Wildman–Crippen LogP) is 4.87. The zero-order chi connectivity index (χ0) is 26.9. The van der Waals surface area contributed by atoms with Crippen LogP contribution in [0, 0.1) is 6.92 Å². The van der Waals surface area contributed by atoms with E-state index in [2.05, 4.69) is 15.8 Å². The van der Waals surface area contributed by atoms with Gasteiger partial charge in [-0.2, -0.15) is 0 Å². The zero-order valence-corrected chi connectivity index (χ0v) is 20.7. The third kappa shape index (κ3) is 6.85. The summed E-state index contributed by atoms with van der Waals surface area (Å²) in [6.07, 6.45) is 0.109. The van der Waals surface area contributed by atoms with Gasteiger partial charge in [0.15, 0.2) is 5.76 Å². The van der Waals surface area contributed by atoms with E-state index < -0.39 is 24.0 Å². The highest BCUT2D eigenvalue weighted by atomic mass is 16.5. The number of aliphatic carboxylic acids is 1. The molecule has 3 N–H and O–H groups in total. The van der Waals surface area contributed by atoms with E-state index in [-0.39, 0.29) is 18.6 Å². The highest BCUT2D eigenvalue weighted by Gasteiger charge is 2.22. The van der Waals surface area contributed by atoms with E-state index in [1.807, 2.05) is 48.5 Å². The van der Waals surface area contributed by atoms with Gasteiger partial charge in [0, 0.05) is 24.0 Å². The SMILES string of the molecule is Cc1noc(-c2ccc(C(=O)N[C@@H](Cc3ccccc3)C(=O)O)cc2)c1NC(=O)OCCc1ccccc1. The molecule has 1 atom stereocenters. The van der Waals surface area contributed by atoms with Crippen LogP contribution in [0.5, 0.6) is 0 Å². The number of carboxylic acids is 1. The van der Waals surface area contributed by atoms with Crippen molar-refractivity contribution in [2.45, 2.75) is 25.8 Å². The number of nitrogens with zero attached hydrogens (tertiary/aromatic N) is 1. The maximum atomic E-state index is 12.7. The van der Waals surface area contributed by atoms with E-state index in [9.17, 15) is 19.5 Å². The summed E-state index contributed by atoms with van der Waals surface area (Å²) >= 11 is 0. The summed E-state index contributed by atoms with van der Waals surface area (Å²) in [4.78, 5) is 36.8. The molecule has 3 aromatic carbocycles. The third-order valence-electron chi connectivity index (χ3n) is 5.85. The molecule has 0 spiro atoms. The van der Waals surface area contributed by atoms with Crippen LogP contribution >= 0.6 is 0 Å². The largest absolute Gasteiger partial charge is 0.480 e. The summed E-state index contributed by atoms with van der Waals surface area (Å²) < 4.78 is 10.7. The smallest absolute Gasteiger partial charge is 0.411 e. The van der Waals surface area contributed by atoms with E-state index in [0.29, 0.717) is 29.1 Å². The summed E-state index contributed by atoms with van der Waals surface area (Å²) in [5.41, 5.74) is 3.53. The van der Waals surface area contributed by atoms with Gasteiger partial charge in [-0.1, -0.05) is 78.0 Å². The lowest BCUT2D eigenvalue weighted by Crippen LogP contribution is -2.42. The number of carbonyl (C=O) groups is 3. The zero-order valence-electron chi connectivity index (χ0n) is 20.7. The average Bonchev–Trinajstić information content (AvgIpc) is 3.29. The van der Waals surface area contributed by atoms with Crippen LogP contribution < -0.4 is 10.6 Å². The first-order valence-corrected chi connectivity index (χ1v) is 12.0. The number of amides is 2. The molecular formula is C29H27N3O6. The van der Waals surface area contributed by atoms with Crippen LogP contribution in [0.1, 0.15) is 27.2 Å². The molecule has 0 fully saturated rings. The number of carboxylic acid groups (broad SMARTS) is 1. The number of carbonyl (C=O) groups excluding carboxylic acids is 2. The minimum Gasteiger partial charge on any atom is -0.480 e. The van der Waals surface area contributed by atoms with Crippen molar-refractivity contribution in [3.8, 4) is 11.3 Å². The fourth-order valence-electron chi connectivity index (χ4n) is 3.82. The topological polar surface area (TPSA) is 131 Å². The fourth-order valence-corrected chi connectivity index (χ4v) is 3.82. The van der Waals surface area contributed by atoms with Gasteiger partial charge in [-0.25, -0.2) is 9.59 Å². The van der Waals surface area contributed by atoms with Crippen LogP contribution in [0.2, 0.25) is 0 Å². The van der Waals surface area contributed by atoms with Gasteiger partial charge < -0.3 is 19.7 Å². The lowest BCUT2D eigenvalue weighted by Gasteiger charge is -2.15. The monoisotopic (exact) mass is 513 g/mol. The van der Waals surface area contributed by atoms with Crippen LogP contribution in [0.15, 0.2) is 89.5 Å². The van der Waals surface area contributed by atoms with E-state index in [1.165, 1.54) is 0 Å². The first-order chi connectivity index (χ1) is 18.4. The van der Waals surface area contributed by atoms with Crippen LogP contribution in [-0.4, -0.2) is 40.9 Å². The molecule has 0 aliphatic rings. The summed E-state index contributed by atoms with van der Waals surface area (Å²) in [5, 5.41) is 18.7. The molecule has 0 bridgehead atoms. The third-order valence-corrected chi connectivity index (χ3v) is 5.85. The number of hydrogen-bond acceptors (Lipinski definition) is 6. The van der Waals surface area contributed by atoms with E-state index in [0.717, 1.165) is 11.1 Å². The Morgan fingerprint density at radius 2 is 1.55 bits per heavy atom. The van der Waals surface area contributed by atoms with Crippen LogP contribution in [0.3, 0.4) is 0 Å². The molecular weight excluding hydrogens is 486 g/mol. The van der Waals surface area contributed by atoms with Gasteiger partial charge >= 0.3 is 12.1 Å². The normalized spacial score (nSPS) is 11.4. The Kier molecular flexibility index (Phi) is 8.50. The Morgan fingerprint density at radius 3 is 2.18 bits per heavy atom. The van der Waals surface area contributed by atoms with Gasteiger partial charge in [-0.3, -0.25) is 10.1 Å². The highest BCUT2D eigenvalue weighted by molar-refractivity contribution is 5.97. The first kappa shape index (κ1) is 26.2. The lowest BCUT2D eigenvalue weighted by molar-refractivity contribution is -0.139. The maximum Gasteiger partial charge on any atom is 0.411 e. The second kappa shape index (κ2) is 12.4. The number of nitrogens with one attached hydrogen (secondary N) is 2. The van der Waals surface area contributed by atoms with Crippen molar-refractivity contribution in [1.82, 2.24) is 10.5 Å². The van der Waals surface area contributed by atoms with Crippen LogP contribution in [0.25, 0.3) is 11.3 Å². The molecule has 1 heterocycles. The molecule has 4 rings (SSSR count). The van der Waals surface area contributed by atoms with Crippen LogP contribution in [0.4, 0.5) is 10.5 Å². The van der Waals surface area contributed by atoms with Gasteiger partial charge in [0.25, 0.3) is 5.91 Å². The Balaban J connectivity index is 1.38. The molecule has 0 aliphatic carbocycles. The van der Waals surface area contributed by atoms with Crippen molar-refractivity contribution in [2.75, 3.05) is 11.9 Å². The van der Waals surface area contributed by atoms with Gasteiger partial charge in [0.05, 0.1) is 6.61 Å². The number of rotatable bonds is 10. The number of ether oxygens (including phenoxy) is 1. The van der Waals surface area contributed by atoms with Crippen molar-refractivity contribution < 1.29 is 28.8 Å². The maximum absolute atomic E-state index is 12.7. The van der Waals surface area contributed by atoms with Gasteiger partial charge in [-0.05, 0) is 30.2 Å². The van der Waals surface area contributed by atoms with Crippen molar-refractivity contribution in [3.05, 3.63) is 107 Å². The lowest BCUT2D eigenvalue weighted by atomic mass is 10.0. The standard InChI is InChI=1S/C29H27N3O6/c1-19-25(31-29(36)37-17-16-20-8-4-2-5-9-20)26(38-32-19)22-12-14-23(15-13-22)27(33)30-24(28(34)35)18-21-10-6-3-7-11-21/h2-15,24H,16-18H2,1H3,(H,30,33)(H,31,36)(H,34,35)/t24-/m0/s1. The van der Waals surface area contributed by atoms with Crippen molar-refractivity contribution >= 4 is 23.7 Å². The fraction of sp³-hybridized carbons (Fsp3) is 0.172. The number of hydrogen-bond donors (Lipinski definition) is 3. The molecule has 0 radical (unpaired) electrons. The molecule has 2 amide bonds. The van der Waals surface area contributed by atoms with Gasteiger partial charge in [-0.15, -0.1) is 0 Å². The Bertz CT molecular complexity index is 1390. The molecule has 4 aromatic rings. The van der Waals surface area contributed by atoms with Crippen molar-refractivity contribution in [1.29, 1.82) is 0 Å². The predicted molar refractivity (Wildman–Crippen MR) is 141 cm³/mol. The van der Waals surface area contributed by atoms with Crippen LogP contribution in [-0.2, 0) is 22.4 Å². The minimum atomic E-state index is -1.12. The average molecular weight is 514 g/mol.